The molecule has 0 radical (unpaired) electrons. The third-order valence-electron chi connectivity index (χ3n) is 3.78. The third-order valence-corrected chi connectivity index (χ3v) is 3.78. The van der Waals surface area contributed by atoms with Crippen LogP contribution in [0.4, 0.5) is 5.82 Å². The monoisotopic (exact) mass is 304 g/mol. The number of carbonyl (C=O) groups excluding carboxylic acids is 1. The van der Waals surface area contributed by atoms with Gasteiger partial charge < -0.3 is 9.84 Å². The number of nitrogens with zero attached hydrogens (tertiary/aromatic N) is 5. The molecule has 1 amide bonds. The van der Waals surface area contributed by atoms with Crippen molar-refractivity contribution < 1.29 is 9.32 Å². The lowest BCUT2D eigenvalue weighted by Crippen LogP contribution is -2.41. The molecule has 22 heavy (non-hydrogen) atoms. The summed E-state index contributed by atoms with van der Waals surface area (Å²) in [7, 11) is 0. The van der Waals surface area contributed by atoms with Gasteiger partial charge in [0.25, 0.3) is 0 Å². The van der Waals surface area contributed by atoms with Gasteiger partial charge in [-0.15, -0.1) is 0 Å². The quantitative estimate of drug-likeness (QED) is 0.883. The smallest absolute Gasteiger partial charge is 0.239 e. The maximum Gasteiger partial charge on any atom is 0.239 e. The summed E-state index contributed by atoms with van der Waals surface area (Å²) >= 11 is 0. The molecule has 0 saturated carbocycles. The Labute approximate surface area is 128 Å². The first-order chi connectivity index (χ1) is 10.7. The van der Waals surface area contributed by atoms with Gasteiger partial charge in [-0.3, -0.25) is 14.4 Å². The molecule has 1 unspecified atom stereocenters. The molecule has 1 aliphatic heterocycles. The number of hydrogen-bond acceptors (Lipinski definition) is 6. The third kappa shape index (κ3) is 3.91. The van der Waals surface area contributed by atoms with Gasteiger partial charge in [0.05, 0.1) is 6.54 Å². The van der Waals surface area contributed by atoms with Crippen molar-refractivity contribution in [3.8, 4) is 0 Å². The van der Waals surface area contributed by atoms with E-state index in [9.17, 15) is 4.79 Å². The van der Waals surface area contributed by atoms with Crippen LogP contribution in [0.5, 0.6) is 0 Å². The van der Waals surface area contributed by atoms with Gasteiger partial charge in [-0.1, -0.05) is 5.16 Å². The molecule has 2 aromatic rings. The van der Waals surface area contributed by atoms with Crippen LogP contribution in [0.15, 0.2) is 23.2 Å². The average Bonchev–Trinajstić information content (AvgIpc) is 3.11. The number of aryl methyl sites for hydroxylation is 1. The molecule has 1 saturated heterocycles. The highest BCUT2D eigenvalue weighted by molar-refractivity contribution is 5.91. The van der Waals surface area contributed by atoms with Crippen molar-refractivity contribution >= 4 is 11.7 Å². The van der Waals surface area contributed by atoms with Gasteiger partial charge in [-0.25, -0.2) is 4.98 Å². The molecule has 3 rings (SSSR count). The summed E-state index contributed by atoms with van der Waals surface area (Å²) < 4.78 is 6.79. The number of piperidine rings is 1. The van der Waals surface area contributed by atoms with E-state index in [1.165, 1.54) is 0 Å². The van der Waals surface area contributed by atoms with Gasteiger partial charge in [-0.2, -0.15) is 5.10 Å². The van der Waals surface area contributed by atoms with Crippen molar-refractivity contribution in [3.05, 3.63) is 24.5 Å². The van der Waals surface area contributed by atoms with E-state index in [2.05, 4.69) is 25.5 Å². The Balaban J connectivity index is 1.48. The van der Waals surface area contributed by atoms with Crippen LogP contribution in [0.2, 0.25) is 0 Å². The normalized spacial score (nSPS) is 19.2. The lowest BCUT2D eigenvalue weighted by Gasteiger charge is -2.31. The Hall–Kier alpha value is -2.22. The number of nitrogens with one attached hydrogen (secondary N) is 1. The summed E-state index contributed by atoms with van der Waals surface area (Å²) in [6, 6.07) is 1.71. The summed E-state index contributed by atoms with van der Waals surface area (Å²) in [4.78, 5) is 18.2. The maximum atomic E-state index is 12.1. The maximum absolute atomic E-state index is 12.1. The number of likely N-dealkylation sites (tertiary alicyclic amines) is 1. The minimum absolute atomic E-state index is 0.0605. The van der Waals surface area contributed by atoms with Gasteiger partial charge in [-0.05, 0) is 32.2 Å². The molecule has 1 atom stereocenters. The zero-order valence-electron chi connectivity index (χ0n) is 12.6. The second-order valence-electron chi connectivity index (χ2n) is 5.73. The van der Waals surface area contributed by atoms with Gasteiger partial charge in [0.15, 0.2) is 5.82 Å². The number of carbonyl (C=O) groups is 1. The van der Waals surface area contributed by atoms with E-state index in [4.69, 9.17) is 4.52 Å². The topological polar surface area (TPSA) is 89.1 Å². The van der Waals surface area contributed by atoms with Gasteiger partial charge in [0, 0.05) is 19.2 Å². The molecular formula is C14H20N6O2. The highest BCUT2D eigenvalue weighted by atomic mass is 16.5. The van der Waals surface area contributed by atoms with Crippen LogP contribution >= 0.6 is 0 Å². The Morgan fingerprint density at radius 2 is 2.45 bits per heavy atom. The van der Waals surface area contributed by atoms with Crippen molar-refractivity contribution in [3.63, 3.8) is 0 Å². The van der Waals surface area contributed by atoms with Crippen LogP contribution in [-0.4, -0.2) is 50.4 Å². The standard InChI is InChI=1S/C14H20N6O2/c1-11-5-13(18-22-11)17-14(21)8-19-4-2-3-12(6-19)7-20-10-15-9-16-20/h5,9-10,12H,2-4,6-8H2,1H3,(H,17,18,21). The molecule has 0 aromatic carbocycles. The second kappa shape index (κ2) is 6.69. The molecular weight excluding hydrogens is 284 g/mol. The van der Waals surface area contributed by atoms with Crippen LogP contribution in [0.25, 0.3) is 0 Å². The molecule has 0 spiro atoms. The summed E-state index contributed by atoms with van der Waals surface area (Å²) in [6.07, 6.45) is 5.53. The van der Waals surface area contributed by atoms with Crippen LogP contribution in [0.1, 0.15) is 18.6 Å². The van der Waals surface area contributed by atoms with E-state index in [1.807, 2.05) is 4.68 Å². The fourth-order valence-corrected chi connectivity index (χ4v) is 2.85. The lowest BCUT2D eigenvalue weighted by molar-refractivity contribution is -0.117. The number of aromatic nitrogens is 4. The Bertz CT molecular complexity index is 609. The Morgan fingerprint density at radius 3 is 3.18 bits per heavy atom. The van der Waals surface area contributed by atoms with E-state index in [0.29, 0.717) is 24.0 Å². The number of anilines is 1. The number of rotatable bonds is 5. The fraction of sp³-hybridized carbons (Fsp3) is 0.571. The van der Waals surface area contributed by atoms with Crippen LogP contribution in [0, 0.1) is 12.8 Å². The van der Waals surface area contributed by atoms with E-state index >= 15 is 0 Å². The molecule has 2 aromatic heterocycles. The van der Waals surface area contributed by atoms with Crippen LogP contribution in [-0.2, 0) is 11.3 Å². The summed E-state index contributed by atoms with van der Waals surface area (Å²) in [5, 5.41) is 10.7. The highest BCUT2D eigenvalue weighted by Crippen LogP contribution is 2.18. The summed E-state index contributed by atoms with van der Waals surface area (Å²) in [5.41, 5.74) is 0. The fourth-order valence-electron chi connectivity index (χ4n) is 2.85. The van der Waals surface area contributed by atoms with Crippen LogP contribution in [0.3, 0.4) is 0 Å². The van der Waals surface area contributed by atoms with E-state index in [1.54, 1.807) is 25.6 Å². The minimum Gasteiger partial charge on any atom is -0.360 e. The van der Waals surface area contributed by atoms with Crippen molar-refractivity contribution in [2.75, 3.05) is 25.0 Å². The molecule has 0 bridgehead atoms. The first-order valence-corrected chi connectivity index (χ1v) is 7.47. The SMILES string of the molecule is Cc1cc(NC(=O)CN2CCCC(Cn3cncn3)C2)no1. The summed E-state index contributed by atoms with van der Waals surface area (Å²) in [5.74, 6) is 1.59. The molecule has 8 heteroatoms. The Kier molecular flexibility index (Phi) is 4.47. The van der Waals surface area contributed by atoms with Crippen molar-refractivity contribution in [2.24, 2.45) is 5.92 Å². The average molecular weight is 304 g/mol. The van der Waals surface area contributed by atoms with Gasteiger partial charge in [0.2, 0.25) is 5.91 Å². The minimum atomic E-state index is -0.0605. The molecule has 1 aliphatic rings. The largest absolute Gasteiger partial charge is 0.360 e. The number of amides is 1. The van der Waals surface area contributed by atoms with Crippen molar-refractivity contribution in [1.82, 2.24) is 24.8 Å². The summed E-state index contributed by atoms with van der Waals surface area (Å²) in [6.45, 7) is 4.85. The predicted octanol–water partition coefficient (Wildman–Crippen LogP) is 0.925. The Morgan fingerprint density at radius 1 is 1.55 bits per heavy atom. The zero-order chi connectivity index (χ0) is 15.4. The van der Waals surface area contributed by atoms with Crippen LogP contribution < -0.4 is 5.32 Å². The predicted molar refractivity (Wildman–Crippen MR) is 79.1 cm³/mol. The first-order valence-electron chi connectivity index (χ1n) is 7.47. The van der Waals surface area contributed by atoms with E-state index < -0.39 is 0 Å². The second-order valence-corrected chi connectivity index (χ2v) is 5.73. The van der Waals surface area contributed by atoms with E-state index in [-0.39, 0.29) is 5.91 Å². The zero-order valence-corrected chi connectivity index (χ0v) is 12.6. The lowest BCUT2D eigenvalue weighted by atomic mass is 9.98. The van der Waals surface area contributed by atoms with Crippen molar-refractivity contribution in [2.45, 2.75) is 26.3 Å². The molecule has 3 heterocycles. The highest BCUT2D eigenvalue weighted by Gasteiger charge is 2.22. The van der Waals surface area contributed by atoms with E-state index in [0.717, 1.165) is 32.5 Å². The van der Waals surface area contributed by atoms with Gasteiger partial charge >= 0.3 is 0 Å². The van der Waals surface area contributed by atoms with Gasteiger partial charge in [0.1, 0.15) is 18.4 Å². The molecule has 0 aliphatic carbocycles. The van der Waals surface area contributed by atoms with Crippen molar-refractivity contribution in [1.29, 1.82) is 0 Å². The first kappa shape index (κ1) is 14.7. The molecule has 1 N–H and O–H groups in total. The molecule has 118 valence electrons. The molecule has 8 nitrogen and oxygen atoms in total. The molecule has 1 fully saturated rings. The number of hydrogen-bond donors (Lipinski definition) is 1.